The van der Waals surface area contributed by atoms with Crippen molar-refractivity contribution in [3.05, 3.63) is 72.3 Å². The van der Waals surface area contributed by atoms with Gasteiger partial charge >= 0.3 is 11.9 Å². The van der Waals surface area contributed by atoms with Crippen LogP contribution in [0.5, 0.6) is 0 Å². The fraction of sp³-hybridized carbons (Fsp3) is 0.523. The zero-order valence-electron chi connectivity index (χ0n) is 37.6. The van der Waals surface area contributed by atoms with Crippen LogP contribution in [-0.2, 0) is 62.4 Å². The highest BCUT2D eigenvalue weighted by Gasteiger charge is 2.41. The van der Waals surface area contributed by atoms with Crippen LogP contribution in [-0.4, -0.2) is 155 Å². The van der Waals surface area contributed by atoms with Gasteiger partial charge in [-0.15, -0.1) is 0 Å². The van der Waals surface area contributed by atoms with Crippen LogP contribution >= 0.6 is 0 Å². The molecule has 2 aliphatic rings. The minimum atomic E-state index is -1.38. The maximum atomic E-state index is 14.4. The first-order valence-electron chi connectivity index (χ1n) is 22.3. The third-order valence-electron chi connectivity index (χ3n) is 12.0. The van der Waals surface area contributed by atoms with Crippen molar-refractivity contribution in [2.24, 2.45) is 11.7 Å². The molecule has 0 spiro atoms. The Morgan fingerprint density at radius 1 is 0.701 bits per heavy atom. The zero-order chi connectivity index (χ0) is 48.8. The number of aromatic amines is 2. The molecule has 11 N–H and O–H groups in total. The van der Waals surface area contributed by atoms with Gasteiger partial charge in [0.05, 0.1) is 25.1 Å². The minimum absolute atomic E-state index is 0.0195. The molecule has 2 aliphatic heterocycles. The molecule has 2 aromatic heterocycles. The molecule has 9 atom stereocenters. The van der Waals surface area contributed by atoms with Gasteiger partial charge in [-0.3, -0.25) is 38.4 Å². The average Bonchev–Trinajstić information content (AvgIpc) is 4.16. The molecule has 5 rings (SSSR count). The summed E-state index contributed by atoms with van der Waals surface area (Å²) in [5, 5.41) is 32.4. The lowest BCUT2D eigenvalue weighted by atomic mass is 9.97. The van der Waals surface area contributed by atoms with Gasteiger partial charge in [-0.05, 0) is 44.1 Å². The van der Waals surface area contributed by atoms with Crippen LogP contribution in [0.2, 0.25) is 0 Å². The molecule has 0 radical (unpaired) electrons. The van der Waals surface area contributed by atoms with E-state index in [1.165, 1.54) is 41.8 Å². The Morgan fingerprint density at radius 2 is 1.25 bits per heavy atom. The van der Waals surface area contributed by atoms with E-state index >= 15 is 0 Å². The number of likely N-dealkylation sites (tertiary alicyclic amines) is 2. The standard InChI is InChI=1S/C44H60N12O11/c1-4-24(2)36(54-37(59)25(3)50-38(60)30(17-27-20-46-22-48-27)51-39(61)33-12-8-14-55(33)42(64)29(45)19-35(57)58)41(63)52-31(18-28-21-47-23-49-28)43(65)56-15-9-13-34(56)40(62)53-32(44(66)67)16-26-10-6-5-7-11-26/h5-7,10-11,20-25,29-34,36H,4,8-9,12-19,45H2,1-3H3,(H,46,48)(H,47,49)(H,50,60)(H,51,61)(H,52,63)(H,53,62)(H,54,59)(H,57,58)(H,66,67)/t24-,25-,29-,30-,31-,32-,33-,34-,36-/m0/s1. The number of hydrogen-bond acceptors (Lipinski definition) is 12. The van der Waals surface area contributed by atoms with Gasteiger partial charge in [-0.2, -0.15) is 0 Å². The van der Waals surface area contributed by atoms with E-state index in [1.54, 1.807) is 44.2 Å². The van der Waals surface area contributed by atoms with E-state index in [-0.39, 0.29) is 45.2 Å². The molecule has 362 valence electrons. The molecule has 0 bridgehead atoms. The first-order valence-corrected chi connectivity index (χ1v) is 22.3. The van der Waals surface area contributed by atoms with Gasteiger partial charge in [-0.25, -0.2) is 14.8 Å². The number of aliphatic carboxylic acids is 2. The monoisotopic (exact) mass is 932 g/mol. The van der Waals surface area contributed by atoms with Gasteiger partial charge < -0.3 is 62.3 Å². The maximum Gasteiger partial charge on any atom is 0.326 e. The number of carbonyl (C=O) groups excluding carboxylic acids is 7. The second kappa shape index (κ2) is 23.8. The topological polar surface area (TPSA) is 344 Å². The number of imidazole rings is 2. The summed E-state index contributed by atoms with van der Waals surface area (Å²) in [4.78, 5) is 136. The number of hydrogen-bond donors (Lipinski definition) is 10. The summed E-state index contributed by atoms with van der Waals surface area (Å²) < 4.78 is 0. The predicted molar refractivity (Wildman–Crippen MR) is 237 cm³/mol. The van der Waals surface area contributed by atoms with Gasteiger partial charge in [0.1, 0.15) is 42.3 Å². The van der Waals surface area contributed by atoms with Crippen LogP contribution in [0.15, 0.2) is 55.4 Å². The van der Waals surface area contributed by atoms with Crippen LogP contribution < -0.4 is 32.3 Å². The van der Waals surface area contributed by atoms with Crippen LogP contribution in [0.3, 0.4) is 0 Å². The van der Waals surface area contributed by atoms with Gasteiger partial charge in [0.15, 0.2) is 0 Å². The summed E-state index contributed by atoms with van der Waals surface area (Å²) in [7, 11) is 0. The lowest BCUT2D eigenvalue weighted by molar-refractivity contribution is -0.145. The number of nitrogens with two attached hydrogens (primary N) is 1. The fourth-order valence-corrected chi connectivity index (χ4v) is 8.14. The first kappa shape index (κ1) is 50.8. The summed E-state index contributed by atoms with van der Waals surface area (Å²) >= 11 is 0. The molecule has 2 saturated heterocycles. The number of nitrogens with zero attached hydrogens (tertiary/aromatic N) is 4. The van der Waals surface area contributed by atoms with Crippen molar-refractivity contribution in [3.63, 3.8) is 0 Å². The highest BCUT2D eigenvalue weighted by Crippen LogP contribution is 2.22. The molecule has 2 fully saturated rings. The number of benzene rings is 1. The average molecular weight is 933 g/mol. The van der Waals surface area contributed by atoms with Gasteiger partial charge in [-0.1, -0.05) is 50.6 Å². The molecular weight excluding hydrogens is 873 g/mol. The molecule has 3 aromatic rings. The summed E-state index contributed by atoms with van der Waals surface area (Å²) in [5.74, 6) is -7.95. The lowest BCUT2D eigenvalue weighted by Gasteiger charge is -2.31. The van der Waals surface area contributed by atoms with Crippen molar-refractivity contribution in [1.29, 1.82) is 0 Å². The predicted octanol–water partition coefficient (Wildman–Crippen LogP) is -1.48. The zero-order valence-corrected chi connectivity index (χ0v) is 37.6. The van der Waals surface area contributed by atoms with Gasteiger partial charge in [0.2, 0.25) is 41.4 Å². The molecule has 1 aromatic carbocycles. The molecule has 7 amide bonds. The molecule has 23 nitrogen and oxygen atoms in total. The summed E-state index contributed by atoms with van der Waals surface area (Å²) in [6, 6.07) is -0.944. The van der Waals surface area contributed by atoms with Crippen molar-refractivity contribution in [2.45, 2.75) is 127 Å². The Kier molecular flexibility index (Phi) is 18.1. The third kappa shape index (κ3) is 13.9. The number of carbonyl (C=O) groups is 9. The Balaban J connectivity index is 1.27. The van der Waals surface area contributed by atoms with Crippen molar-refractivity contribution < 1.29 is 53.4 Å². The molecule has 0 saturated carbocycles. The molecular formula is C44H60N12O11. The summed E-state index contributed by atoms with van der Waals surface area (Å²) in [5.41, 5.74) is 7.46. The molecule has 67 heavy (non-hydrogen) atoms. The number of carboxylic acids is 2. The third-order valence-corrected chi connectivity index (χ3v) is 12.0. The van der Waals surface area contributed by atoms with Crippen LogP contribution in [0.4, 0.5) is 0 Å². The highest BCUT2D eigenvalue weighted by molar-refractivity contribution is 5.98. The van der Waals surface area contributed by atoms with Crippen molar-refractivity contribution in [2.75, 3.05) is 13.1 Å². The van der Waals surface area contributed by atoms with E-state index in [9.17, 15) is 48.3 Å². The van der Waals surface area contributed by atoms with Crippen LogP contribution in [0, 0.1) is 5.92 Å². The number of rotatable bonds is 23. The highest BCUT2D eigenvalue weighted by atomic mass is 16.4. The van der Waals surface area contributed by atoms with E-state index in [0.29, 0.717) is 36.2 Å². The lowest BCUT2D eigenvalue weighted by Crippen LogP contribution is -2.61. The van der Waals surface area contributed by atoms with Crippen molar-refractivity contribution in [1.82, 2.24) is 56.3 Å². The summed E-state index contributed by atoms with van der Waals surface area (Å²) in [6.45, 7) is 5.21. The van der Waals surface area contributed by atoms with E-state index in [2.05, 4.69) is 46.5 Å². The van der Waals surface area contributed by atoms with Gasteiger partial charge in [0.25, 0.3) is 0 Å². The normalized spacial score (nSPS) is 18.9. The molecule has 0 aliphatic carbocycles. The Hall–Kier alpha value is -7.17. The number of amides is 7. The summed E-state index contributed by atoms with van der Waals surface area (Å²) in [6.07, 6.45) is 6.68. The largest absolute Gasteiger partial charge is 0.481 e. The second-order valence-electron chi connectivity index (χ2n) is 17.0. The molecule has 0 unspecified atom stereocenters. The van der Waals surface area contributed by atoms with Crippen LogP contribution in [0.1, 0.15) is 76.2 Å². The number of H-pyrrole nitrogens is 2. The number of aromatic nitrogens is 4. The van der Waals surface area contributed by atoms with E-state index in [0.717, 1.165) is 0 Å². The fourth-order valence-electron chi connectivity index (χ4n) is 8.14. The van der Waals surface area contributed by atoms with E-state index in [4.69, 9.17) is 10.8 Å². The molecule has 23 heteroatoms. The second-order valence-corrected chi connectivity index (χ2v) is 17.0. The maximum absolute atomic E-state index is 14.4. The van der Waals surface area contributed by atoms with Crippen molar-refractivity contribution in [3.8, 4) is 0 Å². The quantitative estimate of drug-likeness (QED) is 0.0519. The van der Waals surface area contributed by atoms with Gasteiger partial charge in [0, 0.05) is 56.1 Å². The Morgan fingerprint density at radius 3 is 1.78 bits per heavy atom. The Bertz CT molecular complexity index is 2210. The van der Waals surface area contributed by atoms with E-state index in [1.807, 2.05) is 0 Å². The molecule has 4 heterocycles. The minimum Gasteiger partial charge on any atom is -0.481 e. The Labute approximate surface area is 386 Å². The SMILES string of the molecule is CC[C@H](C)[C@H](NC(=O)[C@H](C)NC(=O)[C@H](Cc1cnc[nH]1)NC(=O)[C@@H]1CCCN1C(=O)[C@@H](N)CC(=O)O)C(=O)N[C@@H](Cc1cnc[nH]1)C(=O)N1CCC[C@H]1C(=O)N[C@@H](Cc1ccccc1)C(=O)O. The van der Waals surface area contributed by atoms with Crippen molar-refractivity contribution >= 4 is 53.3 Å². The van der Waals surface area contributed by atoms with Crippen LogP contribution in [0.25, 0.3) is 0 Å². The smallest absolute Gasteiger partial charge is 0.326 e. The number of nitrogens with one attached hydrogen (secondary N) is 7. The first-order chi connectivity index (χ1) is 32.0. The van der Waals surface area contributed by atoms with E-state index < -0.39 is 114 Å². The number of carboxylic acid groups (broad SMARTS) is 2.